The van der Waals surface area contributed by atoms with Crippen LogP contribution in [0.3, 0.4) is 0 Å². The topological polar surface area (TPSA) is 3.24 Å². The van der Waals surface area contributed by atoms with E-state index in [4.69, 9.17) is 0 Å². The van der Waals surface area contributed by atoms with Gasteiger partial charge in [0.2, 0.25) is 0 Å². The average molecular weight is 188 g/mol. The molecule has 0 N–H and O–H groups in total. The largest absolute Gasteiger partial charge is 0.298 e. The Morgan fingerprint density at radius 2 is 1.93 bits per heavy atom. The second-order valence-corrected chi connectivity index (χ2v) is 4.44. The smallest absolute Gasteiger partial charge is 0.0236 e. The number of fused-ring (bicyclic) bond motifs is 1. The molecule has 0 amide bonds. The maximum absolute atomic E-state index is 2.53. The van der Waals surface area contributed by atoms with Gasteiger partial charge in [0, 0.05) is 19.6 Å². The summed E-state index contributed by atoms with van der Waals surface area (Å²) < 4.78 is 0. The minimum Gasteiger partial charge on any atom is -0.298 e. The molecule has 1 aromatic carbocycles. The van der Waals surface area contributed by atoms with E-state index in [-0.39, 0.29) is 0 Å². The maximum Gasteiger partial charge on any atom is 0.0236 e. The van der Waals surface area contributed by atoms with Gasteiger partial charge in [-0.2, -0.15) is 0 Å². The van der Waals surface area contributed by atoms with Gasteiger partial charge in [0.25, 0.3) is 0 Å². The molecule has 75 valence electrons. The van der Waals surface area contributed by atoms with E-state index in [1.54, 1.807) is 0 Å². The lowest BCUT2D eigenvalue weighted by molar-refractivity contribution is 0.264. The highest BCUT2D eigenvalue weighted by atomic mass is 15.1. The van der Waals surface area contributed by atoms with Crippen molar-refractivity contribution in [1.29, 1.82) is 0 Å². The number of benzene rings is 1. The van der Waals surface area contributed by atoms with Gasteiger partial charge in [-0.1, -0.05) is 38.1 Å². The molecule has 1 nitrogen and oxygen atoms in total. The molecule has 0 aromatic heterocycles. The molecule has 0 bridgehead atoms. The fourth-order valence-corrected chi connectivity index (χ4v) is 2.14. The molecule has 14 heavy (non-hydrogen) atoms. The Hall–Kier alpha value is -0.820. The highest BCUT2D eigenvalue weighted by Gasteiger charge is 2.15. The molecular weight excluding hydrogens is 170 g/mol. The van der Waals surface area contributed by atoms with Crippen LogP contribution < -0.4 is 0 Å². The van der Waals surface area contributed by atoms with Gasteiger partial charge < -0.3 is 0 Å². The number of hydrogen-bond donors (Lipinski definition) is 0. The van der Waals surface area contributed by atoms with Crippen molar-refractivity contribution in [2.24, 2.45) is 0 Å². The van der Waals surface area contributed by atoms with Crippen LogP contribution in [0.15, 0.2) is 24.3 Å². The zero-order valence-electron chi connectivity index (χ0n) is 9.09. The molecule has 1 heterocycles. The summed E-state index contributed by atoms with van der Waals surface area (Å²) in [5, 5.41) is 0. The van der Waals surface area contributed by atoms with Gasteiger partial charge in [-0.3, -0.25) is 4.90 Å². The standard InChI is InChI=1S/C13H18N/c1-11(2)9-14-8-7-12-5-3-4-6-13(12)10-14/h3-6H,7-10H2,1-2H3. The quantitative estimate of drug-likeness (QED) is 0.689. The van der Waals surface area contributed by atoms with E-state index in [1.807, 2.05) is 0 Å². The molecule has 0 saturated carbocycles. The summed E-state index contributed by atoms with van der Waals surface area (Å²) >= 11 is 0. The summed E-state index contributed by atoms with van der Waals surface area (Å²) in [5.74, 6) is 1.50. The van der Waals surface area contributed by atoms with Crippen molar-refractivity contribution in [3.05, 3.63) is 41.3 Å². The van der Waals surface area contributed by atoms with Gasteiger partial charge in [0.05, 0.1) is 0 Å². The van der Waals surface area contributed by atoms with Gasteiger partial charge in [0.15, 0.2) is 0 Å². The molecule has 1 heteroatoms. The van der Waals surface area contributed by atoms with Crippen LogP contribution in [-0.4, -0.2) is 18.0 Å². The molecule has 1 aliphatic rings. The van der Waals surface area contributed by atoms with Gasteiger partial charge in [-0.25, -0.2) is 0 Å². The SMILES string of the molecule is C[C](C)CN1CCc2ccccc2C1. The molecule has 0 spiro atoms. The monoisotopic (exact) mass is 188 g/mol. The van der Waals surface area contributed by atoms with Crippen molar-refractivity contribution in [2.75, 3.05) is 13.1 Å². The fraction of sp³-hybridized carbons (Fsp3) is 0.462. The van der Waals surface area contributed by atoms with E-state index < -0.39 is 0 Å². The van der Waals surface area contributed by atoms with E-state index >= 15 is 0 Å². The van der Waals surface area contributed by atoms with Crippen molar-refractivity contribution in [1.82, 2.24) is 4.90 Å². The minimum absolute atomic E-state index is 1.13. The van der Waals surface area contributed by atoms with Crippen LogP contribution in [-0.2, 0) is 13.0 Å². The molecule has 1 aliphatic heterocycles. The number of hydrogen-bond acceptors (Lipinski definition) is 1. The van der Waals surface area contributed by atoms with Crippen LogP contribution in [0.5, 0.6) is 0 Å². The summed E-state index contributed by atoms with van der Waals surface area (Å²) in [5.41, 5.74) is 3.05. The van der Waals surface area contributed by atoms with Crippen LogP contribution in [0.4, 0.5) is 0 Å². The van der Waals surface area contributed by atoms with E-state index in [2.05, 4.69) is 43.0 Å². The first kappa shape index (κ1) is 9.72. The summed E-state index contributed by atoms with van der Waals surface area (Å²) in [6.07, 6.45) is 1.21. The molecule has 0 fully saturated rings. The maximum atomic E-state index is 2.53. The van der Waals surface area contributed by atoms with E-state index in [1.165, 1.54) is 30.0 Å². The lowest BCUT2D eigenvalue weighted by atomic mass is 9.99. The molecule has 2 rings (SSSR count). The lowest BCUT2D eigenvalue weighted by Crippen LogP contribution is -2.32. The zero-order valence-corrected chi connectivity index (χ0v) is 9.09. The second-order valence-electron chi connectivity index (χ2n) is 4.44. The summed E-state index contributed by atoms with van der Waals surface area (Å²) in [7, 11) is 0. The summed E-state index contributed by atoms with van der Waals surface area (Å²) in [4.78, 5) is 2.53. The Bertz CT molecular complexity index is 304. The molecular formula is C13H18N. The molecule has 0 unspecified atom stereocenters. The molecule has 0 aliphatic carbocycles. The molecule has 0 saturated heterocycles. The Labute approximate surface area is 86.7 Å². The Balaban J connectivity index is 2.06. The predicted molar refractivity (Wildman–Crippen MR) is 60.0 cm³/mol. The third kappa shape index (κ3) is 2.16. The van der Waals surface area contributed by atoms with Crippen molar-refractivity contribution >= 4 is 0 Å². The van der Waals surface area contributed by atoms with Crippen molar-refractivity contribution < 1.29 is 0 Å². The van der Waals surface area contributed by atoms with Crippen molar-refractivity contribution in [3.8, 4) is 0 Å². The van der Waals surface area contributed by atoms with Crippen LogP contribution in [0.25, 0.3) is 0 Å². The lowest BCUT2D eigenvalue weighted by Gasteiger charge is -2.29. The van der Waals surface area contributed by atoms with Crippen molar-refractivity contribution in [3.63, 3.8) is 0 Å². The Morgan fingerprint density at radius 3 is 2.64 bits per heavy atom. The highest BCUT2D eigenvalue weighted by Crippen LogP contribution is 2.19. The third-order valence-electron chi connectivity index (χ3n) is 2.75. The number of nitrogens with zero attached hydrogens (tertiary/aromatic N) is 1. The van der Waals surface area contributed by atoms with Gasteiger partial charge in [0.1, 0.15) is 0 Å². The molecule has 0 atom stereocenters. The van der Waals surface area contributed by atoms with Gasteiger partial charge >= 0.3 is 0 Å². The minimum atomic E-state index is 1.13. The first-order valence-electron chi connectivity index (χ1n) is 5.34. The predicted octanol–water partition coefficient (Wildman–Crippen LogP) is 2.66. The fourth-order valence-electron chi connectivity index (χ4n) is 2.14. The normalized spacial score (nSPS) is 17.1. The number of rotatable bonds is 2. The Kier molecular flexibility index (Phi) is 2.87. The molecule has 1 aromatic rings. The Morgan fingerprint density at radius 1 is 1.21 bits per heavy atom. The van der Waals surface area contributed by atoms with Crippen LogP contribution in [0, 0.1) is 5.92 Å². The van der Waals surface area contributed by atoms with Crippen LogP contribution in [0.1, 0.15) is 25.0 Å². The van der Waals surface area contributed by atoms with Gasteiger partial charge in [-0.15, -0.1) is 0 Å². The third-order valence-corrected chi connectivity index (χ3v) is 2.75. The summed E-state index contributed by atoms with van der Waals surface area (Å²) in [6, 6.07) is 8.80. The van der Waals surface area contributed by atoms with E-state index in [0.717, 1.165) is 13.1 Å². The first-order valence-corrected chi connectivity index (χ1v) is 5.34. The summed E-state index contributed by atoms with van der Waals surface area (Å²) in [6.45, 7) is 7.90. The highest BCUT2D eigenvalue weighted by molar-refractivity contribution is 5.29. The second kappa shape index (κ2) is 4.14. The first-order chi connectivity index (χ1) is 6.75. The van der Waals surface area contributed by atoms with Crippen LogP contribution >= 0.6 is 0 Å². The zero-order chi connectivity index (χ0) is 9.97. The molecule has 1 radical (unpaired) electrons. The average Bonchev–Trinajstić information content (AvgIpc) is 2.17. The van der Waals surface area contributed by atoms with E-state index in [9.17, 15) is 0 Å². The van der Waals surface area contributed by atoms with E-state index in [0.29, 0.717) is 0 Å². The van der Waals surface area contributed by atoms with Crippen LogP contribution in [0.2, 0.25) is 0 Å². The van der Waals surface area contributed by atoms with Gasteiger partial charge in [-0.05, 0) is 23.5 Å². The van der Waals surface area contributed by atoms with Crippen molar-refractivity contribution in [2.45, 2.75) is 26.8 Å².